The first-order valence-corrected chi connectivity index (χ1v) is 3.70. The number of allylic oxidation sites excluding steroid dienone is 2. The Morgan fingerprint density at radius 3 is 2.42 bits per heavy atom. The number of phenolic OH excluding ortho intramolecular Hbond substituents is 1. The number of ketones is 1. The van der Waals surface area contributed by atoms with E-state index in [-0.39, 0.29) is 11.5 Å². The zero-order valence-electron chi connectivity index (χ0n) is 6.82. The standard InChI is InChI=1S/C10H10O2/c1-2-3-10(12)8-4-6-9(11)7-5-8/h2-7,11H,1H3. The second-order valence-electron chi connectivity index (χ2n) is 2.41. The summed E-state index contributed by atoms with van der Waals surface area (Å²) in [5, 5.41) is 8.94. The molecule has 0 fully saturated rings. The minimum Gasteiger partial charge on any atom is -0.508 e. The van der Waals surface area contributed by atoms with Crippen LogP contribution in [-0.2, 0) is 0 Å². The molecule has 0 heterocycles. The van der Waals surface area contributed by atoms with E-state index < -0.39 is 0 Å². The maximum atomic E-state index is 11.2. The summed E-state index contributed by atoms with van der Waals surface area (Å²) in [5.74, 6) is 0.129. The molecule has 0 saturated heterocycles. The van der Waals surface area contributed by atoms with Crippen molar-refractivity contribution in [3.05, 3.63) is 42.0 Å². The normalized spacial score (nSPS) is 10.4. The molecule has 2 heteroatoms. The second kappa shape index (κ2) is 3.72. The summed E-state index contributed by atoms with van der Waals surface area (Å²) >= 11 is 0. The summed E-state index contributed by atoms with van der Waals surface area (Å²) in [4.78, 5) is 11.2. The Morgan fingerprint density at radius 1 is 1.33 bits per heavy atom. The number of rotatable bonds is 2. The van der Waals surface area contributed by atoms with Crippen LogP contribution in [0.3, 0.4) is 0 Å². The number of carbonyl (C=O) groups is 1. The van der Waals surface area contributed by atoms with Gasteiger partial charge < -0.3 is 5.11 Å². The molecule has 0 aromatic heterocycles. The molecular formula is C10H10O2. The minimum absolute atomic E-state index is 0.0440. The number of benzene rings is 1. The Bertz CT molecular complexity index is 296. The summed E-state index contributed by atoms with van der Waals surface area (Å²) < 4.78 is 0. The van der Waals surface area contributed by atoms with E-state index in [1.807, 2.05) is 0 Å². The second-order valence-corrected chi connectivity index (χ2v) is 2.41. The topological polar surface area (TPSA) is 37.3 Å². The quantitative estimate of drug-likeness (QED) is 0.534. The van der Waals surface area contributed by atoms with E-state index in [0.717, 1.165) is 0 Å². The van der Waals surface area contributed by atoms with Crippen molar-refractivity contribution >= 4 is 5.78 Å². The van der Waals surface area contributed by atoms with Crippen molar-refractivity contribution in [2.75, 3.05) is 0 Å². The molecular weight excluding hydrogens is 152 g/mol. The molecule has 2 nitrogen and oxygen atoms in total. The van der Waals surface area contributed by atoms with Crippen molar-refractivity contribution in [1.29, 1.82) is 0 Å². The van der Waals surface area contributed by atoms with Crippen LogP contribution in [-0.4, -0.2) is 10.9 Å². The van der Waals surface area contributed by atoms with Crippen LogP contribution in [0.2, 0.25) is 0 Å². The highest BCUT2D eigenvalue weighted by Crippen LogP contribution is 2.10. The molecule has 62 valence electrons. The van der Waals surface area contributed by atoms with E-state index in [0.29, 0.717) is 5.56 Å². The number of carbonyl (C=O) groups excluding carboxylic acids is 1. The van der Waals surface area contributed by atoms with Gasteiger partial charge in [-0.2, -0.15) is 0 Å². The van der Waals surface area contributed by atoms with Gasteiger partial charge in [-0.3, -0.25) is 4.79 Å². The number of aromatic hydroxyl groups is 1. The smallest absolute Gasteiger partial charge is 0.185 e. The van der Waals surface area contributed by atoms with Gasteiger partial charge in [0, 0.05) is 5.56 Å². The first-order chi connectivity index (χ1) is 5.74. The largest absolute Gasteiger partial charge is 0.508 e. The third-order valence-electron chi connectivity index (χ3n) is 1.47. The van der Waals surface area contributed by atoms with E-state index >= 15 is 0 Å². The van der Waals surface area contributed by atoms with Crippen LogP contribution < -0.4 is 0 Å². The molecule has 0 amide bonds. The Morgan fingerprint density at radius 2 is 1.92 bits per heavy atom. The van der Waals surface area contributed by atoms with Gasteiger partial charge in [0.25, 0.3) is 0 Å². The fourth-order valence-electron chi connectivity index (χ4n) is 0.873. The molecule has 0 spiro atoms. The van der Waals surface area contributed by atoms with E-state index in [1.54, 1.807) is 25.1 Å². The molecule has 1 rings (SSSR count). The molecule has 0 radical (unpaired) electrons. The van der Waals surface area contributed by atoms with Gasteiger partial charge in [-0.1, -0.05) is 6.08 Å². The van der Waals surface area contributed by atoms with Crippen molar-refractivity contribution in [3.63, 3.8) is 0 Å². The van der Waals surface area contributed by atoms with Crippen LogP contribution in [0.25, 0.3) is 0 Å². The van der Waals surface area contributed by atoms with Gasteiger partial charge in [-0.05, 0) is 37.3 Å². The van der Waals surface area contributed by atoms with E-state index in [1.165, 1.54) is 18.2 Å². The summed E-state index contributed by atoms with van der Waals surface area (Å²) in [6.07, 6.45) is 3.18. The van der Waals surface area contributed by atoms with Gasteiger partial charge in [0.1, 0.15) is 5.75 Å². The average molecular weight is 162 g/mol. The zero-order chi connectivity index (χ0) is 8.97. The van der Waals surface area contributed by atoms with Crippen LogP contribution in [0, 0.1) is 0 Å². The minimum atomic E-state index is -0.0440. The van der Waals surface area contributed by atoms with E-state index in [4.69, 9.17) is 5.11 Å². The lowest BCUT2D eigenvalue weighted by molar-refractivity contribution is 0.104. The number of phenols is 1. The summed E-state index contributed by atoms with van der Waals surface area (Å²) in [6, 6.07) is 6.18. The van der Waals surface area contributed by atoms with Crippen molar-refractivity contribution in [3.8, 4) is 5.75 Å². The van der Waals surface area contributed by atoms with Crippen molar-refractivity contribution < 1.29 is 9.90 Å². The SMILES string of the molecule is CC=CC(=O)c1ccc(O)cc1. The molecule has 0 aliphatic carbocycles. The lowest BCUT2D eigenvalue weighted by Gasteiger charge is -1.94. The first kappa shape index (κ1) is 8.53. The summed E-state index contributed by atoms with van der Waals surface area (Å²) in [5.41, 5.74) is 0.589. The highest BCUT2D eigenvalue weighted by atomic mass is 16.3. The molecule has 0 unspecified atom stereocenters. The predicted molar refractivity (Wildman–Crippen MR) is 47.3 cm³/mol. The fraction of sp³-hybridized carbons (Fsp3) is 0.100. The lowest BCUT2D eigenvalue weighted by Crippen LogP contribution is -1.92. The molecule has 1 aromatic rings. The van der Waals surface area contributed by atoms with Gasteiger partial charge >= 0.3 is 0 Å². The molecule has 0 aliphatic heterocycles. The average Bonchev–Trinajstić information content (AvgIpc) is 2.06. The molecule has 12 heavy (non-hydrogen) atoms. The molecule has 1 N–H and O–H groups in total. The molecule has 0 atom stereocenters. The highest BCUT2D eigenvalue weighted by Gasteiger charge is 1.99. The Labute approximate surface area is 71.2 Å². The van der Waals surface area contributed by atoms with Gasteiger partial charge in [0.2, 0.25) is 0 Å². The summed E-state index contributed by atoms with van der Waals surface area (Å²) in [7, 11) is 0. The molecule has 1 aromatic carbocycles. The van der Waals surface area contributed by atoms with Crippen LogP contribution in [0.15, 0.2) is 36.4 Å². The maximum absolute atomic E-state index is 11.2. The zero-order valence-corrected chi connectivity index (χ0v) is 6.82. The highest BCUT2D eigenvalue weighted by molar-refractivity contribution is 6.04. The third-order valence-corrected chi connectivity index (χ3v) is 1.47. The Balaban J connectivity index is 2.90. The van der Waals surface area contributed by atoms with Crippen molar-refractivity contribution in [2.24, 2.45) is 0 Å². The predicted octanol–water partition coefficient (Wildman–Crippen LogP) is 2.15. The van der Waals surface area contributed by atoms with Crippen LogP contribution in [0.5, 0.6) is 5.75 Å². The number of hydrogen-bond acceptors (Lipinski definition) is 2. The lowest BCUT2D eigenvalue weighted by atomic mass is 10.1. The summed E-state index contributed by atoms with van der Waals surface area (Å²) in [6.45, 7) is 1.79. The monoisotopic (exact) mass is 162 g/mol. The fourth-order valence-corrected chi connectivity index (χ4v) is 0.873. The molecule has 0 bridgehead atoms. The van der Waals surface area contributed by atoms with Crippen LogP contribution >= 0.6 is 0 Å². The maximum Gasteiger partial charge on any atom is 0.185 e. The molecule has 0 aliphatic rings. The van der Waals surface area contributed by atoms with E-state index in [2.05, 4.69) is 0 Å². The van der Waals surface area contributed by atoms with Crippen LogP contribution in [0.4, 0.5) is 0 Å². The van der Waals surface area contributed by atoms with Gasteiger partial charge in [-0.15, -0.1) is 0 Å². The van der Waals surface area contributed by atoms with Gasteiger partial charge in [-0.25, -0.2) is 0 Å². The number of hydrogen-bond donors (Lipinski definition) is 1. The van der Waals surface area contributed by atoms with Gasteiger partial charge in [0.05, 0.1) is 0 Å². The van der Waals surface area contributed by atoms with Crippen LogP contribution in [0.1, 0.15) is 17.3 Å². The van der Waals surface area contributed by atoms with Gasteiger partial charge in [0.15, 0.2) is 5.78 Å². The van der Waals surface area contributed by atoms with Crippen molar-refractivity contribution in [2.45, 2.75) is 6.92 Å². The van der Waals surface area contributed by atoms with Crippen molar-refractivity contribution in [1.82, 2.24) is 0 Å². The molecule has 0 saturated carbocycles. The Kier molecular flexibility index (Phi) is 2.64. The first-order valence-electron chi connectivity index (χ1n) is 3.70. The Hall–Kier alpha value is -1.57. The van der Waals surface area contributed by atoms with E-state index in [9.17, 15) is 4.79 Å². The third kappa shape index (κ3) is 1.95.